The largest absolute Gasteiger partial charge is 0.486 e. The normalized spacial score (nSPS) is 15.5. The molecule has 2 aromatic rings. The molecule has 0 radical (unpaired) electrons. The molecule has 0 aliphatic carbocycles. The number of amides is 1. The summed E-state index contributed by atoms with van der Waals surface area (Å²) in [4.78, 5) is 13.5. The number of carbonyl (C=O) groups is 1. The van der Waals surface area contributed by atoms with Gasteiger partial charge in [-0.2, -0.15) is 0 Å². The second kappa shape index (κ2) is 6.86. The third-order valence-corrected chi connectivity index (χ3v) is 6.11. The smallest absolute Gasteiger partial charge is 0.240 e. The Kier molecular flexibility index (Phi) is 4.53. The number of anilines is 1. The van der Waals surface area contributed by atoms with E-state index >= 15 is 0 Å². The number of nitrogens with one attached hydrogen (secondary N) is 1. The molecule has 2 heterocycles. The van der Waals surface area contributed by atoms with Gasteiger partial charge in [-0.05, 0) is 47.9 Å². The summed E-state index contributed by atoms with van der Waals surface area (Å²) in [5, 5.41) is 0. The van der Waals surface area contributed by atoms with E-state index in [0.717, 1.165) is 16.8 Å². The number of hydrogen-bond donors (Lipinski definition) is 1. The van der Waals surface area contributed by atoms with Crippen LogP contribution >= 0.6 is 0 Å². The lowest BCUT2D eigenvalue weighted by atomic mass is 10.2. The molecule has 27 heavy (non-hydrogen) atoms. The molecule has 0 atom stereocenters. The van der Waals surface area contributed by atoms with Crippen LogP contribution in [-0.2, 0) is 27.8 Å². The maximum atomic E-state index is 12.7. The van der Waals surface area contributed by atoms with Crippen molar-refractivity contribution in [1.29, 1.82) is 0 Å². The van der Waals surface area contributed by atoms with Crippen LogP contribution in [0.4, 0.5) is 5.69 Å². The molecular formula is C19H20N2O5S. The molecule has 0 aromatic heterocycles. The molecule has 0 unspecified atom stereocenters. The second-order valence-electron chi connectivity index (χ2n) is 6.51. The highest BCUT2D eigenvalue weighted by Gasteiger charge is 2.24. The zero-order valence-electron chi connectivity index (χ0n) is 14.9. The zero-order valence-corrected chi connectivity index (χ0v) is 15.7. The zero-order chi connectivity index (χ0) is 19.0. The summed E-state index contributed by atoms with van der Waals surface area (Å²) >= 11 is 0. The van der Waals surface area contributed by atoms with Crippen LogP contribution < -0.4 is 19.1 Å². The lowest BCUT2D eigenvalue weighted by Crippen LogP contribution is -2.26. The summed E-state index contributed by atoms with van der Waals surface area (Å²) in [5.41, 5.74) is 2.44. The molecule has 8 heteroatoms. The van der Waals surface area contributed by atoms with Crippen molar-refractivity contribution in [3.63, 3.8) is 0 Å². The maximum Gasteiger partial charge on any atom is 0.240 e. The summed E-state index contributed by atoms with van der Waals surface area (Å²) in [5.74, 6) is 1.25. The number of ether oxygens (including phenoxy) is 2. The number of hydrogen-bond acceptors (Lipinski definition) is 5. The van der Waals surface area contributed by atoms with Gasteiger partial charge in [-0.1, -0.05) is 6.07 Å². The fourth-order valence-electron chi connectivity index (χ4n) is 3.33. The van der Waals surface area contributed by atoms with Crippen molar-refractivity contribution in [2.75, 3.05) is 24.7 Å². The summed E-state index contributed by atoms with van der Waals surface area (Å²) in [6, 6.07) is 10.2. The number of sulfonamides is 1. The van der Waals surface area contributed by atoms with Crippen molar-refractivity contribution in [3.05, 3.63) is 47.5 Å². The van der Waals surface area contributed by atoms with Gasteiger partial charge >= 0.3 is 0 Å². The van der Waals surface area contributed by atoms with Gasteiger partial charge in [0.25, 0.3) is 0 Å². The van der Waals surface area contributed by atoms with Crippen molar-refractivity contribution in [2.24, 2.45) is 0 Å². The Morgan fingerprint density at radius 1 is 1.11 bits per heavy atom. The summed E-state index contributed by atoms with van der Waals surface area (Å²) < 4.78 is 38.9. The Hall–Kier alpha value is -2.58. The molecule has 4 rings (SSSR count). The van der Waals surface area contributed by atoms with E-state index in [1.54, 1.807) is 29.2 Å². The molecule has 2 aliphatic rings. The average molecular weight is 388 g/mol. The lowest BCUT2D eigenvalue weighted by Gasteiger charge is -2.19. The molecule has 0 bridgehead atoms. The summed E-state index contributed by atoms with van der Waals surface area (Å²) in [6.07, 6.45) is 0.653. The molecular weight excluding hydrogens is 368 g/mol. The van der Waals surface area contributed by atoms with Crippen LogP contribution in [0.2, 0.25) is 0 Å². The first kappa shape index (κ1) is 17.8. The monoisotopic (exact) mass is 388 g/mol. The van der Waals surface area contributed by atoms with E-state index in [1.807, 2.05) is 6.07 Å². The summed E-state index contributed by atoms with van der Waals surface area (Å²) in [7, 11) is -3.66. The standard InChI is InChI=1S/C19H20N2O5S/c1-13(22)21-7-6-15-11-16(3-4-17(15)21)27(23,24)20-12-14-2-5-18-19(10-14)26-9-8-25-18/h2-5,10-11,20H,6-9,12H2,1H3. The molecule has 1 amide bonds. The molecule has 0 spiro atoms. The van der Waals surface area contributed by atoms with E-state index in [2.05, 4.69) is 4.72 Å². The van der Waals surface area contributed by atoms with Crippen LogP contribution in [-0.4, -0.2) is 34.1 Å². The van der Waals surface area contributed by atoms with Crippen LogP contribution in [0.15, 0.2) is 41.3 Å². The van der Waals surface area contributed by atoms with E-state index in [0.29, 0.717) is 37.7 Å². The maximum absolute atomic E-state index is 12.7. The van der Waals surface area contributed by atoms with E-state index in [4.69, 9.17) is 9.47 Å². The number of benzene rings is 2. The average Bonchev–Trinajstić information content (AvgIpc) is 3.10. The van der Waals surface area contributed by atoms with Gasteiger partial charge in [-0.3, -0.25) is 4.79 Å². The Morgan fingerprint density at radius 3 is 2.67 bits per heavy atom. The van der Waals surface area contributed by atoms with E-state index < -0.39 is 10.0 Å². The minimum Gasteiger partial charge on any atom is -0.486 e. The third-order valence-electron chi connectivity index (χ3n) is 4.71. The highest BCUT2D eigenvalue weighted by atomic mass is 32.2. The second-order valence-corrected chi connectivity index (χ2v) is 8.28. The van der Waals surface area contributed by atoms with Crippen LogP contribution in [0, 0.1) is 0 Å². The van der Waals surface area contributed by atoms with Gasteiger partial charge in [0.2, 0.25) is 15.9 Å². The van der Waals surface area contributed by atoms with Crippen molar-refractivity contribution >= 4 is 21.6 Å². The molecule has 0 saturated carbocycles. The van der Waals surface area contributed by atoms with Crippen LogP contribution in [0.5, 0.6) is 11.5 Å². The fourth-order valence-corrected chi connectivity index (χ4v) is 4.40. The molecule has 2 aromatic carbocycles. The topological polar surface area (TPSA) is 84.9 Å². The minimum absolute atomic E-state index is 0.0407. The van der Waals surface area contributed by atoms with Gasteiger partial charge in [0.15, 0.2) is 11.5 Å². The molecule has 0 saturated heterocycles. The predicted octanol–water partition coefficient (Wildman–Crippen LogP) is 1.85. The fraction of sp³-hybridized carbons (Fsp3) is 0.316. The van der Waals surface area contributed by atoms with Gasteiger partial charge in [0.1, 0.15) is 13.2 Å². The number of rotatable bonds is 4. The first-order valence-electron chi connectivity index (χ1n) is 8.73. The number of nitrogens with zero attached hydrogens (tertiary/aromatic N) is 1. The minimum atomic E-state index is -3.66. The van der Waals surface area contributed by atoms with Crippen LogP contribution in [0.3, 0.4) is 0 Å². The van der Waals surface area contributed by atoms with Crippen LogP contribution in [0.25, 0.3) is 0 Å². The van der Waals surface area contributed by atoms with Crippen LogP contribution in [0.1, 0.15) is 18.1 Å². The Morgan fingerprint density at radius 2 is 1.89 bits per heavy atom. The predicted molar refractivity (Wildman–Crippen MR) is 99.6 cm³/mol. The Balaban J connectivity index is 1.50. The highest BCUT2D eigenvalue weighted by molar-refractivity contribution is 7.89. The summed E-state index contributed by atoms with van der Waals surface area (Å²) in [6.45, 7) is 3.23. The van der Waals surface area contributed by atoms with E-state index in [-0.39, 0.29) is 17.3 Å². The van der Waals surface area contributed by atoms with Crippen molar-refractivity contribution in [2.45, 2.75) is 24.8 Å². The lowest BCUT2D eigenvalue weighted by molar-refractivity contribution is -0.116. The molecule has 0 fully saturated rings. The van der Waals surface area contributed by atoms with Gasteiger partial charge < -0.3 is 14.4 Å². The van der Waals surface area contributed by atoms with Gasteiger partial charge in [-0.15, -0.1) is 0 Å². The quantitative estimate of drug-likeness (QED) is 0.864. The van der Waals surface area contributed by atoms with E-state index in [9.17, 15) is 13.2 Å². The van der Waals surface area contributed by atoms with Crippen molar-refractivity contribution < 1.29 is 22.7 Å². The van der Waals surface area contributed by atoms with Gasteiger partial charge in [0, 0.05) is 25.7 Å². The third kappa shape index (κ3) is 3.50. The molecule has 1 N–H and O–H groups in total. The SMILES string of the molecule is CC(=O)N1CCc2cc(S(=O)(=O)NCc3ccc4c(c3)OCCO4)ccc21. The molecule has 2 aliphatic heterocycles. The molecule has 142 valence electrons. The number of fused-ring (bicyclic) bond motifs is 2. The molecule has 7 nitrogen and oxygen atoms in total. The van der Waals surface area contributed by atoms with E-state index in [1.165, 1.54) is 13.0 Å². The van der Waals surface area contributed by atoms with Crippen molar-refractivity contribution in [3.8, 4) is 11.5 Å². The Bertz CT molecular complexity index is 1000. The Labute approximate surface area is 157 Å². The highest BCUT2D eigenvalue weighted by Crippen LogP contribution is 2.32. The van der Waals surface area contributed by atoms with Gasteiger partial charge in [-0.25, -0.2) is 13.1 Å². The first-order chi connectivity index (χ1) is 12.9. The van der Waals surface area contributed by atoms with Crippen molar-refractivity contribution in [1.82, 2.24) is 4.72 Å². The number of carbonyl (C=O) groups excluding carboxylic acids is 1. The first-order valence-corrected chi connectivity index (χ1v) is 10.2. The van der Waals surface area contributed by atoms with Gasteiger partial charge in [0.05, 0.1) is 4.90 Å².